The molecule has 30 heavy (non-hydrogen) atoms. The molecule has 0 amide bonds. The molecule has 1 heterocycles. The number of aromatic amines is 1. The molecule has 0 saturated heterocycles. The number of unbranched alkanes of at least 4 members (excludes halogenated alkanes) is 6. The van der Waals surface area contributed by atoms with Crippen LogP contribution in [-0.4, -0.2) is 20.6 Å². The number of fused-ring (bicyclic) bond motifs is 3. The van der Waals surface area contributed by atoms with Gasteiger partial charge < -0.3 is 0 Å². The molecule has 4 heteroatoms. The Hall–Kier alpha value is -2.49. The SMILES string of the molecule is CCCCCCc1ccc2c(c1CCCCCC)Cc1ccccc1-2.c1nnn[nH]1. The molecule has 0 unspecified atom stereocenters. The Morgan fingerprint density at radius 3 is 2.23 bits per heavy atom. The normalized spacial score (nSPS) is 11.5. The van der Waals surface area contributed by atoms with E-state index in [0.717, 1.165) is 6.42 Å². The quantitative estimate of drug-likeness (QED) is 0.299. The lowest BCUT2D eigenvalue weighted by molar-refractivity contribution is 0.649. The highest BCUT2D eigenvalue weighted by Crippen LogP contribution is 2.40. The van der Waals surface area contributed by atoms with Crippen LogP contribution in [0.3, 0.4) is 0 Å². The zero-order valence-electron chi connectivity index (χ0n) is 18.7. The molecule has 1 aliphatic carbocycles. The molecule has 2 aromatic carbocycles. The van der Waals surface area contributed by atoms with Crippen LogP contribution in [0.5, 0.6) is 0 Å². The minimum Gasteiger partial charge on any atom is -0.246 e. The van der Waals surface area contributed by atoms with Gasteiger partial charge in [0.25, 0.3) is 0 Å². The van der Waals surface area contributed by atoms with Gasteiger partial charge in [-0.15, -0.1) is 5.10 Å². The fourth-order valence-corrected chi connectivity index (χ4v) is 4.47. The minimum absolute atomic E-state index is 1.15. The zero-order chi connectivity index (χ0) is 21.0. The lowest BCUT2D eigenvalue weighted by Gasteiger charge is -2.15. The number of hydrogen-bond donors (Lipinski definition) is 1. The summed E-state index contributed by atoms with van der Waals surface area (Å²) >= 11 is 0. The Bertz CT molecular complexity index is 854. The van der Waals surface area contributed by atoms with Gasteiger partial charge >= 0.3 is 0 Å². The summed E-state index contributed by atoms with van der Waals surface area (Å²) in [6, 6.07) is 13.9. The monoisotopic (exact) mass is 404 g/mol. The van der Waals surface area contributed by atoms with Crippen molar-refractivity contribution in [2.45, 2.75) is 84.5 Å². The predicted octanol–water partition coefficient (Wildman–Crippen LogP) is 6.70. The molecule has 0 atom stereocenters. The highest BCUT2D eigenvalue weighted by molar-refractivity contribution is 5.78. The van der Waals surface area contributed by atoms with Crippen molar-refractivity contribution in [1.82, 2.24) is 20.6 Å². The van der Waals surface area contributed by atoms with Crippen molar-refractivity contribution in [2.75, 3.05) is 0 Å². The number of benzene rings is 2. The Morgan fingerprint density at radius 2 is 1.57 bits per heavy atom. The first-order valence-corrected chi connectivity index (χ1v) is 11.7. The first kappa shape index (κ1) is 22.2. The first-order chi connectivity index (χ1) is 14.8. The largest absolute Gasteiger partial charge is 0.246 e. The molecule has 4 nitrogen and oxygen atoms in total. The maximum absolute atomic E-state index is 3.31. The summed E-state index contributed by atoms with van der Waals surface area (Å²) in [4.78, 5) is 0. The minimum atomic E-state index is 1.15. The third kappa shape index (κ3) is 6.01. The average Bonchev–Trinajstić information content (AvgIpc) is 3.46. The van der Waals surface area contributed by atoms with Crippen LogP contribution in [0.15, 0.2) is 42.7 Å². The Kier molecular flexibility index (Phi) is 9.07. The van der Waals surface area contributed by atoms with E-state index in [4.69, 9.17) is 0 Å². The van der Waals surface area contributed by atoms with E-state index in [1.165, 1.54) is 87.2 Å². The van der Waals surface area contributed by atoms with Crippen LogP contribution in [0.25, 0.3) is 11.1 Å². The fraction of sp³-hybridized carbons (Fsp3) is 0.500. The number of rotatable bonds is 10. The second-order valence-corrected chi connectivity index (χ2v) is 8.25. The molecule has 0 radical (unpaired) electrons. The van der Waals surface area contributed by atoms with Gasteiger partial charge in [0.05, 0.1) is 0 Å². The maximum atomic E-state index is 3.31. The molecule has 3 aromatic rings. The number of H-pyrrole nitrogens is 1. The van der Waals surface area contributed by atoms with E-state index in [1.54, 1.807) is 16.7 Å². The van der Waals surface area contributed by atoms with Gasteiger partial charge in [-0.1, -0.05) is 88.8 Å². The van der Waals surface area contributed by atoms with Crippen LogP contribution in [0, 0.1) is 0 Å². The van der Waals surface area contributed by atoms with Crippen molar-refractivity contribution in [2.24, 2.45) is 0 Å². The molecule has 1 N–H and O–H groups in total. The summed E-state index contributed by atoms with van der Waals surface area (Å²) in [6.07, 6.45) is 16.0. The van der Waals surface area contributed by atoms with E-state index in [2.05, 4.69) is 70.9 Å². The highest BCUT2D eigenvalue weighted by atomic mass is 15.5. The molecule has 4 rings (SSSR count). The van der Waals surface area contributed by atoms with E-state index >= 15 is 0 Å². The van der Waals surface area contributed by atoms with Gasteiger partial charge in [0, 0.05) is 0 Å². The Balaban J connectivity index is 0.000000448. The number of tetrazole rings is 1. The van der Waals surface area contributed by atoms with Gasteiger partial charge in [-0.25, -0.2) is 5.10 Å². The molecule has 1 aliphatic rings. The first-order valence-electron chi connectivity index (χ1n) is 11.7. The molecular formula is C26H36N4. The average molecular weight is 405 g/mol. The second kappa shape index (κ2) is 12.3. The number of nitrogens with zero attached hydrogens (tertiary/aromatic N) is 3. The van der Waals surface area contributed by atoms with Gasteiger partial charge in [0.1, 0.15) is 6.33 Å². The molecule has 1 aromatic heterocycles. The molecule has 160 valence electrons. The molecule has 0 spiro atoms. The number of hydrogen-bond acceptors (Lipinski definition) is 3. The lowest BCUT2D eigenvalue weighted by atomic mass is 9.90. The fourth-order valence-electron chi connectivity index (χ4n) is 4.47. The summed E-state index contributed by atoms with van der Waals surface area (Å²) in [5.41, 5.74) is 9.49. The van der Waals surface area contributed by atoms with Gasteiger partial charge in [-0.05, 0) is 75.9 Å². The molecule has 0 bridgehead atoms. The summed E-state index contributed by atoms with van der Waals surface area (Å²) < 4.78 is 0. The molecular weight excluding hydrogens is 368 g/mol. The van der Waals surface area contributed by atoms with Crippen LogP contribution in [0.1, 0.15) is 87.5 Å². The van der Waals surface area contributed by atoms with Crippen LogP contribution in [-0.2, 0) is 19.3 Å². The van der Waals surface area contributed by atoms with Crippen molar-refractivity contribution in [3.63, 3.8) is 0 Å². The van der Waals surface area contributed by atoms with E-state index in [9.17, 15) is 0 Å². The topological polar surface area (TPSA) is 54.5 Å². The van der Waals surface area contributed by atoms with Crippen molar-refractivity contribution in [1.29, 1.82) is 0 Å². The van der Waals surface area contributed by atoms with Crippen LogP contribution in [0.2, 0.25) is 0 Å². The summed E-state index contributed by atoms with van der Waals surface area (Å²) in [6.45, 7) is 4.60. The summed E-state index contributed by atoms with van der Waals surface area (Å²) in [5.74, 6) is 0. The van der Waals surface area contributed by atoms with E-state index in [0.29, 0.717) is 0 Å². The zero-order valence-corrected chi connectivity index (χ0v) is 18.7. The van der Waals surface area contributed by atoms with Crippen molar-refractivity contribution >= 4 is 0 Å². The Morgan fingerprint density at radius 1 is 0.800 bits per heavy atom. The van der Waals surface area contributed by atoms with Crippen molar-refractivity contribution < 1.29 is 0 Å². The second-order valence-electron chi connectivity index (χ2n) is 8.25. The predicted molar refractivity (Wildman–Crippen MR) is 125 cm³/mol. The van der Waals surface area contributed by atoms with Gasteiger partial charge in [-0.2, -0.15) is 0 Å². The van der Waals surface area contributed by atoms with Crippen molar-refractivity contribution in [3.05, 3.63) is 65.0 Å². The summed E-state index contributed by atoms with van der Waals surface area (Å²) in [5, 5.41) is 12.1. The van der Waals surface area contributed by atoms with E-state index < -0.39 is 0 Å². The maximum Gasteiger partial charge on any atom is 0.135 e. The van der Waals surface area contributed by atoms with Gasteiger partial charge in [0.2, 0.25) is 0 Å². The smallest absolute Gasteiger partial charge is 0.135 e. The van der Waals surface area contributed by atoms with E-state index in [1.807, 2.05) is 0 Å². The highest BCUT2D eigenvalue weighted by Gasteiger charge is 2.22. The Labute approximate surface area is 181 Å². The van der Waals surface area contributed by atoms with Crippen LogP contribution < -0.4 is 0 Å². The molecule has 0 fully saturated rings. The number of aromatic nitrogens is 4. The lowest BCUT2D eigenvalue weighted by Crippen LogP contribution is -2.01. The molecule has 0 aliphatic heterocycles. The molecule has 0 saturated carbocycles. The van der Waals surface area contributed by atoms with Crippen LogP contribution in [0.4, 0.5) is 0 Å². The van der Waals surface area contributed by atoms with Crippen molar-refractivity contribution in [3.8, 4) is 11.1 Å². The standard InChI is InChI=1S/C25H34.CH2N4/c1-3-5-7-9-13-20-17-18-24-23-16-12-11-14-21(23)19-25(24)22(20)15-10-8-6-4-2;1-2-4-5-3-1/h11-12,14,16-18H,3-10,13,15,19H2,1-2H3;1H,(H,2,3,4,5). The van der Waals surface area contributed by atoms with E-state index in [-0.39, 0.29) is 0 Å². The summed E-state index contributed by atoms with van der Waals surface area (Å²) in [7, 11) is 0. The number of aryl methyl sites for hydroxylation is 1. The number of nitrogens with one attached hydrogen (secondary N) is 1. The van der Waals surface area contributed by atoms with Gasteiger partial charge in [-0.3, -0.25) is 0 Å². The van der Waals surface area contributed by atoms with Crippen LogP contribution >= 0.6 is 0 Å². The third-order valence-electron chi connectivity index (χ3n) is 6.05. The van der Waals surface area contributed by atoms with Gasteiger partial charge in [0.15, 0.2) is 0 Å². The third-order valence-corrected chi connectivity index (χ3v) is 6.05.